The van der Waals surface area contributed by atoms with Gasteiger partial charge in [0.05, 0.1) is 0 Å². The Morgan fingerprint density at radius 2 is 1.58 bits per heavy atom. The van der Waals surface area contributed by atoms with Crippen molar-refractivity contribution in [2.75, 3.05) is 5.73 Å². The smallest absolute Gasteiger partial charge is 0.0394 e. The van der Waals surface area contributed by atoms with Crippen LogP contribution in [0.4, 0.5) is 5.69 Å². The molecule has 0 unspecified atom stereocenters. The lowest BCUT2D eigenvalue weighted by molar-refractivity contribution is 1.45. The van der Waals surface area contributed by atoms with Crippen molar-refractivity contribution in [2.24, 2.45) is 0 Å². The zero-order valence-electron chi connectivity index (χ0n) is 15.0. The molecule has 0 amide bonds. The van der Waals surface area contributed by atoms with Crippen LogP contribution < -0.4 is 5.73 Å². The van der Waals surface area contributed by atoms with Gasteiger partial charge >= 0.3 is 0 Å². The Morgan fingerprint density at radius 3 is 2.35 bits per heavy atom. The Hall–Kier alpha value is -3.32. The minimum Gasteiger partial charge on any atom is -0.398 e. The van der Waals surface area contributed by atoms with Crippen LogP contribution in [-0.2, 0) is 0 Å². The zero-order valence-corrected chi connectivity index (χ0v) is 15.0. The van der Waals surface area contributed by atoms with Crippen LogP contribution in [0.25, 0.3) is 28.3 Å². The lowest BCUT2D eigenvalue weighted by Gasteiger charge is -2.13. The Kier molecular flexibility index (Phi) is 5.50. The molecule has 3 rings (SSSR count). The molecule has 0 aliphatic heterocycles. The summed E-state index contributed by atoms with van der Waals surface area (Å²) in [5.41, 5.74) is 14.0. The molecule has 0 heterocycles. The Labute approximate surface area is 155 Å². The normalized spacial score (nSPS) is 11.3. The van der Waals surface area contributed by atoms with Crippen LogP contribution in [0.15, 0.2) is 97.6 Å². The van der Waals surface area contributed by atoms with Crippen molar-refractivity contribution < 1.29 is 0 Å². The second-order valence-electron chi connectivity index (χ2n) is 6.24. The number of allylic oxidation sites excluding steroid dienone is 4. The van der Waals surface area contributed by atoms with Crippen LogP contribution in [0, 0.1) is 6.92 Å². The molecule has 128 valence electrons. The van der Waals surface area contributed by atoms with Crippen molar-refractivity contribution in [2.45, 2.75) is 6.92 Å². The number of nitrogen functional groups attached to an aromatic ring is 1. The van der Waals surface area contributed by atoms with Crippen molar-refractivity contribution in [1.29, 1.82) is 0 Å². The molecule has 3 aromatic rings. The standard InChI is InChI=1S/C25H23N/c1-3-4-5-7-12-21-14-13-19(2)17-23(21)24-18-22(15-16-25(24)26)20-10-8-6-9-11-20/h3-18H,1,26H2,2H3/b5-4-,12-7-. The van der Waals surface area contributed by atoms with E-state index in [0.717, 1.165) is 27.9 Å². The maximum absolute atomic E-state index is 6.34. The third kappa shape index (κ3) is 4.01. The molecule has 0 saturated carbocycles. The Bertz CT molecular complexity index is 963. The van der Waals surface area contributed by atoms with E-state index in [4.69, 9.17) is 5.73 Å². The van der Waals surface area contributed by atoms with Gasteiger partial charge in [0.25, 0.3) is 0 Å². The number of aryl methyl sites for hydroxylation is 1. The van der Waals surface area contributed by atoms with E-state index in [-0.39, 0.29) is 0 Å². The minimum atomic E-state index is 0.784. The summed E-state index contributed by atoms with van der Waals surface area (Å²) in [4.78, 5) is 0. The van der Waals surface area contributed by atoms with Crippen LogP contribution in [0.2, 0.25) is 0 Å². The molecule has 0 aliphatic rings. The molecular formula is C25H23N. The highest BCUT2D eigenvalue weighted by molar-refractivity contribution is 5.86. The molecule has 3 aromatic carbocycles. The van der Waals surface area contributed by atoms with Crippen molar-refractivity contribution in [1.82, 2.24) is 0 Å². The maximum atomic E-state index is 6.34. The summed E-state index contributed by atoms with van der Waals surface area (Å²) in [5.74, 6) is 0. The summed E-state index contributed by atoms with van der Waals surface area (Å²) < 4.78 is 0. The maximum Gasteiger partial charge on any atom is 0.0394 e. The molecule has 2 N–H and O–H groups in total. The van der Waals surface area contributed by atoms with Gasteiger partial charge in [-0.25, -0.2) is 0 Å². The summed E-state index contributed by atoms with van der Waals surface area (Å²) in [6, 6.07) is 23.1. The van der Waals surface area contributed by atoms with E-state index in [1.807, 2.05) is 30.4 Å². The predicted octanol–water partition coefficient (Wildman–Crippen LogP) is 6.67. The number of hydrogen-bond donors (Lipinski definition) is 1. The van der Waals surface area contributed by atoms with Crippen molar-refractivity contribution in [3.8, 4) is 22.3 Å². The number of hydrogen-bond acceptors (Lipinski definition) is 1. The fraction of sp³-hybridized carbons (Fsp3) is 0.0400. The first-order valence-corrected chi connectivity index (χ1v) is 8.71. The van der Waals surface area contributed by atoms with Crippen molar-refractivity contribution in [3.05, 3.63) is 109 Å². The number of anilines is 1. The number of nitrogens with two attached hydrogens (primary N) is 1. The molecule has 0 spiro atoms. The topological polar surface area (TPSA) is 26.0 Å². The van der Waals surface area contributed by atoms with Gasteiger partial charge in [-0.05, 0) is 41.3 Å². The highest BCUT2D eigenvalue weighted by Gasteiger charge is 2.09. The Balaban J connectivity index is 2.11. The van der Waals surface area contributed by atoms with Gasteiger partial charge in [0.2, 0.25) is 0 Å². The first-order chi connectivity index (χ1) is 12.7. The first-order valence-electron chi connectivity index (χ1n) is 8.71. The van der Waals surface area contributed by atoms with Gasteiger partial charge in [-0.3, -0.25) is 0 Å². The second kappa shape index (κ2) is 8.17. The number of benzene rings is 3. The second-order valence-corrected chi connectivity index (χ2v) is 6.24. The van der Waals surface area contributed by atoms with E-state index >= 15 is 0 Å². The molecule has 0 aliphatic carbocycles. The quantitative estimate of drug-likeness (QED) is 0.408. The molecule has 0 fully saturated rings. The Morgan fingerprint density at radius 1 is 0.769 bits per heavy atom. The number of rotatable bonds is 5. The highest BCUT2D eigenvalue weighted by atomic mass is 14.6. The summed E-state index contributed by atoms with van der Waals surface area (Å²) in [5, 5.41) is 0. The monoisotopic (exact) mass is 337 g/mol. The summed E-state index contributed by atoms with van der Waals surface area (Å²) in [6.45, 7) is 5.80. The molecule has 0 radical (unpaired) electrons. The molecule has 0 bridgehead atoms. The van der Waals surface area contributed by atoms with E-state index in [1.54, 1.807) is 6.08 Å². The van der Waals surface area contributed by atoms with Crippen LogP contribution >= 0.6 is 0 Å². The van der Waals surface area contributed by atoms with Gasteiger partial charge in [-0.2, -0.15) is 0 Å². The van der Waals surface area contributed by atoms with Gasteiger partial charge in [0.1, 0.15) is 0 Å². The molecule has 1 nitrogen and oxygen atoms in total. The highest BCUT2D eigenvalue weighted by Crippen LogP contribution is 2.34. The van der Waals surface area contributed by atoms with E-state index in [0.29, 0.717) is 0 Å². The van der Waals surface area contributed by atoms with E-state index < -0.39 is 0 Å². The van der Waals surface area contributed by atoms with E-state index in [1.165, 1.54) is 11.1 Å². The zero-order chi connectivity index (χ0) is 18.4. The first kappa shape index (κ1) is 17.5. The van der Waals surface area contributed by atoms with Gasteiger partial charge in [-0.1, -0.05) is 97.1 Å². The van der Waals surface area contributed by atoms with E-state index in [2.05, 4.69) is 74.2 Å². The van der Waals surface area contributed by atoms with Crippen molar-refractivity contribution >= 4 is 11.8 Å². The summed E-state index contributed by atoms with van der Waals surface area (Å²) in [6.07, 6.45) is 9.77. The molecule has 1 heteroatoms. The lowest BCUT2D eigenvalue weighted by Crippen LogP contribution is -1.93. The van der Waals surface area contributed by atoms with Crippen LogP contribution in [0.1, 0.15) is 11.1 Å². The lowest BCUT2D eigenvalue weighted by atomic mass is 9.93. The average molecular weight is 337 g/mol. The predicted molar refractivity (Wildman–Crippen MR) is 115 cm³/mol. The summed E-state index contributed by atoms with van der Waals surface area (Å²) in [7, 11) is 0. The third-order valence-corrected chi connectivity index (χ3v) is 4.29. The van der Waals surface area contributed by atoms with Gasteiger partial charge in [-0.15, -0.1) is 0 Å². The molecule has 26 heavy (non-hydrogen) atoms. The fourth-order valence-electron chi connectivity index (χ4n) is 2.95. The van der Waals surface area contributed by atoms with Crippen molar-refractivity contribution in [3.63, 3.8) is 0 Å². The van der Waals surface area contributed by atoms with Gasteiger partial charge < -0.3 is 5.73 Å². The molecular weight excluding hydrogens is 314 g/mol. The molecule has 0 atom stereocenters. The van der Waals surface area contributed by atoms with E-state index in [9.17, 15) is 0 Å². The van der Waals surface area contributed by atoms with Crippen LogP contribution in [0.5, 0.6) is 0 Å². The van der Waals surface area contributed by atoms with Crippen LogP contribution in [-0.4, -0.2) is 0 Å². The average Bonchev–Trinajstić information content (AvgIpc) is 2.67. The van der Waals surface area contributed by atoms with Gasteiger partial charge in [0, 0.05) is 11.3 Å². The largest absolute Gasteiger partial charge is 0.398 e. The molecule has 0 saturated heterocycles. The summed E-state index contributed by atoms with van der Waals surface area (Å²) >= 11 is 0. The van der Waals surface area contributed by atoms with Gasteiger partial charge in [0.15, 0.2) is 0 Å². The molecule has 0 aromatic heterocycles. The van der Waals surface area contributed by atoms with Crippen LogP contribution in [0.3, 0.4) is 0 Å². The fourth-order valence-corrected chi connectivity index (χ4v) is 2.95. The SMILES string of the molecule is C=C/C=C\C=C/c1ccc(C)cc1-c1cc(-c2ccccc2)ccc1N. The third-order valence-electron chi connectivity index (χ3n) is 4.29. The minimum absolute atomic E-state index is 0.784.